The van der Waals surface area contributed by atoms with Crippen LogP contribution in [0.25, 0.3) is 10.8 Å². The molecule has 2 aromatic carbocycles. The Balaban J connectivity index is 1.52. The molecule has 0 aliphatic heterocycles. The van der Waals surface area contributed by atoms with Crippen LogP contribution < -0.4 is 25.6 Å². The summed E-state index contributed by atoms with van der Waals surface area (Å²) in [6.07, 6.45) is 4.33. The van der Waals surface area contributed by atoms with Gasteiger partial charge in [-0.2, -0.15) is 0 Å². The number of nitrogens with zero attached hydrogens (tertiary/aromatic N) is 2. The van der Waals surface area contributed by atoms with Crippen molar-refractivity contribution in [1.82, 2.24) is 9.97 Å². The van der Waals surface area contributed by atoms with Gasteiger partial charge in [-0.3, -0.25) is 14.6 Å². The van der Waals surface area contributed by atoms with Gasteiger partial charge in [-0.1, -0.05) is 26.0 Å². The number of nitrogens with one attached hydrogen (secondary N) is 1. The van der Waals surface area contributed by atoms with Gasteiger partial charge >= 0.3 is 5.97 Å². The Morgan fingerprint density at radius 2 is 1.83 bits per heavy atom. The second-order valence-electron chi connectivity index (χ2n) is 8.89. The highest BCUT2D eigenvalue weighted by Crippen LogP contribution is 2.29. The lowest BCUT2D eigenvalue weighted by Crippen LogP contribution is -2.41. The number of rotatable bonds is 11. The van der Waals surface area contributed by atoms with Gasteiger partial charge in [0, 0.05) is 24.5 Å². The van der Waals surface area contributed by atoms with E-state index >= 15 is 0 Å². The zero-order valence-electron chi connectivity index (χ0n) is 20.3. The Bertz CT molecular complexity index is 1460. The van der Waals surface area contributed by atoms with Crippen LogP contribution in [0.5, 0.6) is 17.4 Å². The first-order chi connectivity index (χ1) is 17.3. The van der Waals surface area contributed by atoms with Crippen molar-refractivity contribution in [3.63, 3.8) is 0 Å². The first-order valence-corrected chi connectivity index (χ1v) is 11.7. The number of hydrogen-bond acceptors (Lipinski definition) is 8. The Kier molecular flexibility index (Phi) is 7.28. The number of aliphatic carboxylic acids is 1. The Hall–Kier alpha value is -4.27. The average Bonchev–Trinajstić information content (AvgIpc) is 2.85. The molecule has 0 saturated heterocycles. The van der Waals surface area contributed by atoms with Crippen molar-refractivity contribution >= 4 is 22.4 Å². The minimum atomic E-state index is -1.16. The molecule has 1 atom stereocenters. The number of aromatic nitrogens is 2. The predicted molar refractivity (Wildman–Crippen MR) is 136 cm³/mol. The van der Waals surface area contributed by atoms with Gasteiger partial charge in [0.05, 0.1) is 12.0 Å². The molecule has 186 valence electrons. The summed E-state index contributed by atoms with van der Waals surface area (Å²) in [5.74, 6) is 0.160. The van der Waals surface area contributed by atoms with Crippen molar-refractivity contribution < 1.29 is 19.4 Å². The topological polar surface area (TPSA) is 128 Å². The maximum atomic E-state index is 11.9. The SMILES string of the molecule is CCOc1c(N[C@@H](Cc2ccc(Oc3nc(CC(C)C)cc4ccncc34)cc2)C(=O)O)c(=O)c1=O. The van der Waals surface area contributed by atoms with Gasteiger partial charge in [0.1, 0.15) is 17.5 Å². The van der Waals surface area contributed by atoms with Gasteiger partial charge in [0.2, 0.25) is 5.88 Å². The van der Waals surface area contributed by atoms with Crippen LogP contribution in [0.4, 0.5) is 5.69 Å². The van der Waals surface area contributed by atoms with E-state index in [-0.39, 0.29) is 24.5 Å². The van der Waals surface area contributed by atoms with E-state index in [1.165, 1.54) is 0 Å². The highest BCUT2D eigenvalue weighted by atomic mass is 16.5. The molecular weight excluding hydrogens is 462 g/mol. The monoisotopic (exact) mass is 489 g/mol. The fourth-order valence-electron chi connectivity index (χ4n) is 3.91. The normalized spacial score (nSPS) is 12.1. The van der Waals surface area contributed by atoms with Crippen LogP contribution in [0.3, 0.4) is 0 Å². The first kappa shape index (κ1) is 24.8. The van der Waals surface area contributed by atoms with Gasteiger partial charge in [-0.05, 0) is 54.5 Å². The number of fused-ring (bicyclic) bond motifs is 1. The predicted octanol–water partition coefficient (Wildman–Crippen LogP) is 3.72. The second kappa shape index (κ2) is 10.6. The largest absolute Gasteiger partial charge is 0.488 e. The lowest BCUT2D eigenvalue weighted by atomic mass is 10.0. The van der Waals surface area contributed by atoms with Crippen molar-refractivity contribution in [2.45, 2.75) is 39.7 Å². The number of anilines is 1. The standard InChI is InChI=1S/C27H27N3O6/c1-4-35-25-22(23(31)24(25)32)30-21(27(33)34)12-16-5-7-19(8-6-16)36-26-20-14-28-10-9-17(20)13-18(29-26)11-15(2)3/h5-10,13-15,21,30H,4,11-12H2,1-3H3,(H,33,34)/t21-/m0/s1. The van der Waals surface area contributed by atoms with Gasteiger partial charge in [0.25, 0.3) is 10.9 Å². The van der Waals surface area contributed by atoms with Crippen LogP contribution in [0.15, 0.2) is 58.4 Å². The third-order valence-corrected chi connectivity index (χ3v) is 5.62. The number of benzene rings is 1. The summed E-state index contributed by atoms with van der Waals surface area (Å²) in [5.41, 5.74) is 0.00518. The molecule has 4 aromatic rings. The van der Waals surface area contributed by atoms with E-state index in [0.717, 1.165) is 22.9 Å². The number of ether oxygens (including phenoxy) is 2. The lowest BCUT2D eigenvalue weighted by molar-refractivity contribution is -0.137. The third kappa shape index (κ3) is 5.35. The van der Waals surface area contributed by atoms with Crippen LogP contribution in [0, 0.1) is 5.92 Å². The quantitative estimate of drug-likeness (QED) is 0.303. The molecule has 0 bridgehead atoms. The molecule has 36 heavy (non-hydrogen) atoms. The molecule has 2 aromatic heterocycles. The number of pyridine rings is 2. The molecule has 2 heterocycles. The van der Waals surface area contributed by atoms with Crippen molar-refractivity contribution in [3.05, 3.63) is 80.5 Å². The van der Waals surface area contributed by atoms with E-state index in [2.05, 4.69) is 29.1 Å². The summed E-state index contributed by atoms with van der Waals surface area (Å²) < 4.78 is 11.3. The van der Waals surface area contributed by atoms with E-state index < -0.39 is 22.9 Å². The molecule has 0 fully saturated rings. The zero-order chi connectivity index (χ0) is 25.8. The minimum Gasteiger partial charge on any atom is -0.488 e. The number of hydrogen-bond donors (Lipinski definition) is 2. The van der Waals surface area contributed by atoms with Crippen molar-refractivity contribution in [2.75, 3.05) is 11.9 Å². The lowest BCUT2D eigenvalue weighted by Gasteiger charge is -2.19. The smallest absolute Gasteiger partial charge is 0.326 e. The van der Waals surface area contributed by atoms with Gasteiger partial charge in [-0.15, -0.1) is 0 Å². The zero-order valence-corrected chi connectivity index (χ0v) is 20.3. The second-order valence-corrected chi connectivity index (χ2v) is 8.89. The minimum absolute atomic E-state index is 0.0783. The fraction of sp³-hybridized carbons (Fsp3) is 0.296. The molecule has 9 heteroatoms. The molecule has 0 radical (unpaired) electrons. The Labute approximate surface area is 207 Å². The number of carbonyl (C=O) groups is 1. The Morgan fingerprint density at radius 1 is 1.08 bits per heavy atom. The maximum Gasteiger partial charge on any atom is 0.326 e. The van der Waals surface area contributed by atoms with E-state index in [9.17, 15) is 19.5 Å². The molecule has 2 N–H and O–H groups in total. The Morgan fingerprint density at radius 3 is 2.50 bits per heavy atom. The fourth-order valence-corrected chi connectivity index (χ4v) is 3.91. The van der Waals surface area contributed by atoms with Crippen LogP contribution >= 0.6 is 0 Å². The molecule has 0 spiro atoms. The molecule has 0 aliphatic rings. The third-order valence-electron chi connectivity index (χ3n) is 5.62. The molecular formula is C27H27N3O6. The summed E-state index contributed by atoms with van der Waals surface area (Å²) >= 11 is 0. The average molecular weight is 490 g/mol. The van der Waals surface area contributed by atoms with E-state index in [1.54, 1.807) is 43.6 Å². The van der Waals surface area contributed by atoms with Crippen LogP contribution in [0.1, 0.15) is 32.0 Å². The van der Waals surface area contributed by atoms with Gasteiger partial charge in [-0.25, -0.2) is 9.78 Å². The van der Waals surface area contributed by atoms with Gasteiger partial charge < -0.3 is 19.9 Å². The van der Waals surface area contributed by atoms with Crippen LogP contribution in [-0.4, -0.2) is 33.7 Å². The van der Waals surface area contributed by atoms with Crippen LogP contribution in [-0.2, 0) is 17.6 Å². The summed E-state index contributed by atoms with van der Waals surface area (Å²) in [7, 11) is 0. The molecule has 4 rings (SSSR count). The molecule has 9 nitrogen and oxygen atoms in total. The first-order valence-electron chi connectivity index (χ1n) is 11.7. The summed E-state index contributed by atoms with van der Waals surface area (Å²) in [5, 5.41) is 14.1. The number of carboxylic acid groups (broad SMARTS) is 1. The molecule has 0 saturated carbocycles. The van der Waals surface area contributed by atoms with Crippen molar-refractivity contribution in [1.29, 1.82) is 0 Å². The van der Waals surface area contributed by atoms with E-state index in [1.807, 2.05) is 12.1 Å². The molecule has 0 unspecified atom stereocenters. The van der Waals surface area contributed by atoms with Crippen molar-refractivity contribution in [2.24, 2.45) is 5.92 Å². The highest BCUT2D eigenvalue weighted by molar-refractivity contribution is 5.86. The molecule has 0 amide bonds. The summed E-state index contributed by atoms with van der Waals surface area (Å²) in [6.45, 7) is 6.13. The van der Waals surface area contributed by atoms with E-state index in [4.69, 9.17) is 9.47 Å². The van der Waals surface area contributed by atoms with Crippen molar-refractivity contribution in [3.8, 4) is 17.4 Å². The maximum absolute atomic E-state index is 11.9. The molecule has 0 aliphatic carbocycles. The van der Waals surface area contributed by atoms with Crippen LogP contribution in [0.2, 0.25) is 0 Å². The highest BCUT2D eigenvalue weighted by Gasteiger charge is 2.27. The summed E-state index contributed by atoms with van der Waals surface area (Å²) in [4.78, 5) is 44.2. The number of carboxylic acids is 1. The summed E-state index contributed by atoms with van der Waals surface area (Å²) in [6, 6.07) is 9.80. The van der Waals surface area contributed by atoms with Gasteiger partial charge in [0.15, 0.2) is 5.75 Å². The van der Waals surface area contributed by atoms with E-state index in [0.29, 0.717) is 23.1 Å².